The predicted molar refractivity (Wildman–Crippen MR) is 77.7 cm³/mol. The van der Waals surface area contributed by atoms with Gasteiger partial charge in [0.15, 0.2) is 0 Å². The van der Waals surface area contributed by atoms with Crippen molar-refractivity contribution in [2.24, 2.45) is 5.73 Å². The lowest BCUT2D eigenvalue weighted by Gasteiger charge is -2.06. The minimum atomic E-state index is -0.583. The molecule has 0 radical (unpaired) electrons. The quantitative estimate of drug-likeness (QED) is 0.838. The minimum Gasteiger partial charge on any atom is -0.348 e. The maximum atomic E-state index is 13.7. The summed E-state index contributed by atoms with van der Waals surface area (Å²) in [7, 11) is 0. The number of aromatic nitrogens is 1. The van der Waals surface area contributed by atoms with Crippen molar-refractivity contribution < 1.29 is 9.18 Å². The summed E-state index contributed by atoms with van der Waals surface area (Å²) in [6.45, 7) is 0.514. The van der Waals surface area contributed by atoms with Crippen LogP contribution in [0, 0.1) is 17.7 Å². The summed E-state index contributed by atoms with van der Waals surface area (Å²) < 4.78 is 13.7. The van der Waals surface area contributed by atoms with E-state index in [1.165, 1.54) is 18.2 Å². The molecule has 0 unspecified atom stereocenters. The van der Waals surface area contributed by atoms with Crippen LogP contribution in [0.1, 0.15) is 21.5 Å². The zero-order valence-electron chi connectivity index (χ0n) is 11.3. The third-order valence-corrected chi connectivity index (χ3v) is 2.75. The maximum Gasteiger partial charge on any atom is 0.254 e. The molecule has 21 heavy (non-hydrogen) atoms. The molecule has 0 saturated heterocycles. The average molecular weight is 283 g/mol. The average Bonchev–Trinajstić information content (AvgIpc) is 2.53. The fraction of sp³-hybridized carbons (Fsp3) is 0.125. The van der Waals surface area contributed by atoms with E-state index >= 15 is 0 Å². The number of benzene rings is 1. The zero-order valence-corrected chi connectivity index (χ0v) is 11.3. The van der Waals surface area contributed by atoms with E-state index in [0.717, 1.165) is 5.56 Å². The first kappa shape index (κ1) is 14.7. The lowest BCUT2D eigenvalue weighted by Crippen LogP contribution is -2.24. The Bertz CT molecular complexity index is 690. The summed E-state index contributed by atoms with van der Waals surface area (Å²) in [4.78, 5) is 15.9. The number of hydrogen-bond acceptors (Lipinski definition) is 3. The number of nitrogens with zero attached hydrogens (tertiary/aromatic N) is 1. The van der Waals surface area contributed by atoms with Gasteiger partial charge in [0.2, 0.25) is 0 Å². The number of rotatable bonds is 3. The number of carbonyl (C=O) groups is 1. The number of nitrogens with one attached hydrogen (secondary N) is 1. The molecule has 0 bridgehead atoms. The normalized spacial score (nSPS) is 9.62. The molecular formula is C16H14FN3O. The Hall–Kier alpha value is -2.71. The van der Waals surface area contributed by atoms with E-state index in [4.69, 9.17) is 5.73 Å². The van der Waals surface area contributed by atoms with Crippen LogP contribution < -0.4 is 11.1 Å². The van der Waals surface area contributed by atoms with Gasteiger partial charge in [-0.25, -0.2) is 4.39 Å². The van der Waals surface area contributed by atoms with Crippen molar-refractivity contribution in [1.82, 2.24) is 10.3 Å². The van der Waals surface area contributed by atoms with Crippen LogP contribution in [-0.4, -0.2) is 17.4 Å². The monoisotopic (exact) mass is 283 g/mol. The van der Waals surface area contributed by atoms with Gasteiger partial charge >= 0.3 is 0 Å². The Morgan fingerprint density at radius 1 is 1.29 bits per heavy atom. The summed E-state index contributed by atoms with van der Waals surface area (Å²) in [6, 6.07) is 7.71. The standard InChI is InChI=1S/C16H14FN3O/c17-15-4-3-12(2-1-7-18)10-14(15)16(21)20-11-13-5-8-19-9-6-13/h3-6,8-10H,7,11,18H2,(H,20,21). The van der Waals surface area contributed by atoms with Gasteiger partial charge in [-0.1, -0.05) is 11.8 Å². The summed E-state index contributed by atoms with van der Waals surface area (Å²) in [5, 5.41) is 2.66. The van der Waals surface area contributed by atoms with Crippen LogP contribution >= 0.6 is 0 Å². The molecule has 0 atom stereocenters. The second kappa shape index (κ2) is 7.17. The van der Waals surface area contributed by atoms with Crippen LogP contribution in [0.4, 0.5) is 4.39 Å². The van der Waals surface area contributed by atoms with Gasteiger partial charge in [0.05, 0.1) is 12.1 Å². The molecule has 0 aliphatic carbocycles. The number of carbonyl (C=O) groups excluding carboxylic acids is 1. The van der Waals surface area contributed by atoms with Gasteiger partial charge in [-0.2, -0.15) is 0 Å². The SMILES string of the molecule is NCC#Cc1ccc(F)c(C(=O)NCc2ccncc2)c1. The highest BCUT2D eigenvalue weighted by atomic mass is 19.1. The molecule has 0 aliphatic heterocycles. The zero-order chi connectivity index (χ0) is 15.1. The molecule has 1 aromatic carbocycles. The van der Waals surface area contributed by atoms with Crippen LogP contribution in [0.15, 0.2) is 42.7 Å². The van der Waals surface area contributed by atoms with Gasteiger partial charge in [0.25, 0.3) is 5.91 Å². The first-order valence-electron chi connectivity index (χ1n) is 6.36. The van der Waals surface area contributed by atoms with Crippen molar-refractivity contribution >= 4 is 5.91 Å². The van der Waals surface area contributed by atoms with Gasteiger partial charge in [-0.3, -0.25) is 9.78 Å². The van der Waals surface area contributed by atoms with E-state index in [1.54, 1.807) is 24.5 Å². The minimum absolute atomic E-state index is 0.0344. The van der Waals surface area contributed by atoms with E-state index < -0.39 is 11.7 Å². The van der Waals surface area contributed by atoms with Crippen molar-refractivity contribution in [3.05, 3.63) is 65.2 Å². The number of hydrogen-bond donors (Lipinski definition) is 2. The van der Waals surface area contributed by atoms with E-state index in [2.05, 4.69) is 22.1 Å². The van der Waals surface area contributed by atoms with Crippen LogP contribution in [0.5, 0.6) is 0 Å². The fourth-order valence-electron chi connectivity index (χ4n) is 1.71. The van der Waals surface area contributed by atoms with Gasteiger partial charge < -0.3 is 11.1 Å². The second-order valence-corrected chi connectivity index (χ2v) is 4.24. The third kappa shape index (κ3) is 4.13. The maximum absolute atomic E-state index is 13.7. The molecular weight excluding hydrogens is 269 g/mol. The summed E-state index contributed by atoms with van der Waals surface area (Å²) in [5.74, 6) is 4.37. The molecule has 106 valence electrons. The van der Waals surface area contributed by atoms with E-state index in [-0.39, 0.29) is 12.1 Å². The molecule has 2 aromatic rings. The van der Waals surface area contributed by atoms with Crippen LogP contribution in [0.3, 0.4) is 0 Å². The Kier molecular flexibility index (Phi) is 5.02. The molecule has 1 amide bonds. The number of nitrogens with two attached hydrogens (primary N) is 1. The Labute approximate surface area is 122 Å². The first-order chi connectivity index (χ1) is 10.2. The van der Waals surface area contributed by atoms with Crippen molar-refractivity contribution in [3.8, 4) is 11.8 Å². The molecule has 1 aromatic heterocycles. The Balaban J connectivity index is 2.11. The molecule has 0 aliphatic rings. The van der Waals surface area contributed by atoms with E-state index in [0.29, 0.717) is 12.1 Å². The van der Waals surface area contributed by atoms with Crippen LogP contribution in [0.25, 0.3) is 0 Å². The largest absolute Gasteiger partial charge is 0.348 e. The van der Waals surface area contributed by atoms with Crippen molar-refractivity contribution in [3.63, 3.8) is 0 Å². The molecule has 4 nitrogen and oxygen atoms in total. The molecule has 0 saturated carbocycles. The Morgan fingerprint density at radius 3 is 2.76 bits per heavy atom. The molecule has 1 heterocycles. The predicted octanol–water partition coefficient (Wildman–Crippen LogP) is 1.46. The van der Waals surface area contributed by atoms with Crippen molar-refractivity contribution in [2.45, 2.75) is 6.54 Å². The molecule has 2 rings (SSSR count). The lowest BCUT2D eigenvalue weighted by atomic mass is 10.1. The second-order valence-electron chi connectivity index (χ2n) is 4.24. The van der Waals surface area contributed by atoms with Gasteiger partial charge in [0, 0.05) is 24.5 Å². The third-order valence-electron chi connectivity index (χ3n) is 2.75. The number of pyridine rings is 1. The highest BCUT2D eigenvalue weighted by Crippen LogP contribution is 2.10. The topological polar surface area (TPSA) is 68.0 Å². The molecule has 5 heteroatoms. The van der Waals surface area contributed by atoms with Crippen LogP contribution in [0.2, 0.25) is 0 Å². The molecule has 3 N–H and O–H groups in total. The van der Waals surface area contributed by atoms with Crippen molar-refractivity contribution in [2.75, 3.05) is 6.54 Å². The fourth-order valence-corrected chi connectivity index (χ4v) is 1.71. The molecule has 0 spiro atoms. The smallest absolute Gasteiger partial charge is 0.254 e. The summed E-state index contributed by atoms with van der Waals surface area (Å²) in [5.41, 5.74) is 6.69. The van der Waals surface area contributed by atoms with Gasteiger partial charge in [0.1, 0.15) is 5.82 Å². The van der Waals surface area contributed by atoms with E-state index in [1.807, 2.05) is 0 Å². The Morgan fingerprint density at radius 2 is 2.05 bits per heavy atom. The lowest BCUT2D eigenvalue weighted by molar-refractivity contribution is 0.0947. The van der Waals surface area contributed by atoms with E-state index in [9.17, 15) is 9.18 Å². The number of halogens is 1. The number of amides is 1. The van der Waals surface area contributed by atoms with Crippen molar-refractivity contribution in [1.29, 1.82) is 0 Å². The highest BCUT2D eigenvalue weighted by molar-refractivity contribution is 5.94. The summed E-state index contributed by atoms with van der Waals surface area (Å²) >= 11 is 0. The summed E-state index contributed by atoms with van der Waals surface area (Å²) in [6.07, 6.45) is 3.26. The molecule has 0 fully saturated rings. The van der Waals surface area contributed by atoms with Gasteiger partial charge in [-0.05, 0) is 35.9 Å². The van der Waals surface area contributed by atoms with Gasteiger partial charge in [-0.15, -0.1) is 0 Å². The van der Waals surface area contributed by atoms with Crippen LogP contribution in [-0.2, 0) is 6.54 Å². The first-order valence-corrected chi connectivity index (χ1v) is 6.36. The highest BCUT2D eigenvalue weighted by Gasteiger charge is 2.11.